The van der Waals surface area contributed by atoms with Crippen molar-refractivity contribution in [2.24, 2.45) is 0 Å². The van der Waals surface area contributed by atoms with E-state index in [1.54, 1.807) is 24.3 Å². The highest BCUT2D eigenvalue weighted by Crippen LogP contribution is 2.23. The van der Waals surface area contributed by atoms with Crippen molar-refractivity contribution in [3.63, 3.8) is 0 Å². The first kappa shape index (κ1) is 30.0. The van der Waals surface area contributed by atoms with Gasteiger partial charge in [-0.3, -0.25) is 9.59 Å². The Balaban J connectivity index is 1.63. The molecule has 0 aliphatic heterocycles. The summed E-state index contributed by atoms with van der Waals surface area (Å²) in [5, 5.41) is 14.0. The first-order chi connectivity index (χ1) is 19.0. The van der Waals surface area contributed by atoms with Crippen LogP contribution in [0.2, 0.25) is 0 Å². The number of alkyl halides is 3. The van der Waals surface area contributed by atoms with Crippen molar-refractivity contribution in [2.75, 3.05) is 38.8 Å². The van der Waals surface area contributed by atoms with Gasteiger partial charge in [0.25, 0.3) is 11.8 Å². The number of nitrogens with zero attached hydrogens (tertiary/aromatic N) is 1. The van der Waals surface area contributed by atoms with Crippen LogP contribution in [0.5, 0.6) is 11.5 Å². The van der Waals surface area contributed by atoms with E-state index < -0.39 is 23.9 Å². The molecule has 0 heterocycles. The van der Waals surface area contributed by atoms with Crippen molar-refractivity contribution in [3.05, 3.63) is 95.2 Å². The van der Waals surface area contributed by atoms with Gasteiger partial charge in [0.05, 0.1) is 13.2 Å². The molecule has 0 spiro atoms. The van der Waals surface area contributed by atoms with Crippen molar-refractivity contribution in [1.29, 1.82) is 0 Å². The fourth-order valence-corrected chi connectivity index (χ4v) is 3.50. The minimum atomic E-state index is -4.83. The second-order valence-corrected chi connectivity index (χ2v) is 8.79. The summed E-state index contributed by atoms with van der Waals surface area (Å²) in [7, 11) is 3.95. The number of hydrogen-bond donors (Lipinski definition) is 3. The fourth-order valence-electron chi connectivity index (χ4n) is 3.50. The summed E-state index contributed by atoms with van der Waals surface area (Å²) in [6.45, 7) is 0.0626. The minimum absolute atomic E-state index is 0.0593. The van der Waals surface area contributed by atoms with E-state index >= 15 is 0 Å². The Morgan fingerprint density at radius 2 is 1.55 bits per heavy atom. The van der Waals surface area contributed by atoms with Crippen LogP contribution in [0.4, 0.5) is 18.9 Å². The van der Waals surface area contributed by atoms with Gasteiger partial charge in [0, 0.05) is 38.3 Å². The summed E-state index contributed by atoms with van der Waals surface area (Å²) in [6, 6.07) is 19.3. The molecule has 11 heteroatoms. The SMILES string of the molecule is CN(C)c1ccc(CCOc2ccc(C(=O)NC(=Cc3ccc(OC(F)(F)F)cc3)C(=O)NCCO)cc2)cc1. The van der Waals surface area contributed by atoms with Gasteiger partial charge in [0.1, 0.15) is 17.2 Å². The lowest BCUT2D eigenvalue weighted by molar-refractivity contribution is -0.274. The largest absolute Gasteiger partial charge is 0.573 e. The van der Waals surface area contributed by atoms with Crippen LogP contribution in [-0.4, -0.2) is 57.1 Å². The molecule has 40 heavy (non-hydrogen) atoms. The zero-order valence-electron chi connectivity index (χ0n) is 22.0. The lowest BCUT2D eigenvalue weighted by atomic mass is 10.1. The molecule has 0 bridgehead atoms. The maximum Gasteiger partial charge on any atom is 0.573 e. The summed E-state index contributed by atoms with van der Waals surface area (Å²) in [4.78, 5) is 27.4. The molecule has 0 atom stereocenters. The average Bonchev–Trinajstić information content (AvgIpc) is 2.92. The summed E-state index contributed by atoms with van der Waals surface area (Å²) >= 11 is 0. The van der Waals surface area contributed by atoms with Crippen LogP contribution in [0, 0.1) is 0 Å². The normalized spacial score (nSPS) is 11.5. The summed E-state index contributed by atoms with van der Waals surface area (Å²) in [5.74, 6) is -1.13. The number of rotatable bonds is 12. The summed E-state index contributed by atoms with van der Waals surface area (Å²) in [6.07, 6.45) is -2.83. The van der Waals surface area contributed by atoms with E-state index in [0.717, 1.165) is 23.4 Å². The number of nitrogens with one attached hydrogen (secondary N) is 2. The second-order valence-electron chi connectivity index (χ2n) is 8.79. The number of anilines is 1. The molecular weight excluding hydrogens is 527 g/mol. The van der Waals surface area contributed by atoms with E-state index in [0.29, 0.717) is 24.3 Å². The number of aliphatic hydroxyl groups excluding tert-OH is 1. The predicted octanol–water partition coefficient (Wildman–Crippen LogP) is 4.15. The number of hydrogen-bond acceptors (Lipinski definition) is 6. The van der Waals surface area contributed by atoms with Crippen molar-refractivity contribution >= 4 is 23.6 Å². The number of halogens is 3. The van der Waals surface area contributed by atoms with Crippen LogP contribution in [0.3, 0.4) is 0 Å². The molecule has 0 aliphatic rings. The number of carbonyl (C=O) groups is 2. The Labute approximate surface area is 230 Å². The third-order valence-electron chi connectivity index (χ3n) is 5.54. The van der Waals surface area contributed by atoms with Crippen LogP contribution in [0.1, 0.15) is 21.5 Å². The van der Waals surface area contributed by atoms with Gasteiger partial charge in [-0.25, -0.2) is 0 Å². The van der Waals surface area contributed by atoms with Crippen molar-refractivity contribution < 1.29 is 37.3 Å². The van der Waals surface area contributed by atoms with Gasteiger partial charge in [-0.05, 0) is 65.7 Å². The van der Waals surface area contributed by atoms with Crippen molar-refractivity contribution in [2.45, 2.75) is 12.8 Å². The van der Waals surface area contributed by atoms with E-state index in [-0.39, 0.29) is 24.4 Å². The molecule has 0 aliphatic carbocycles. The van der Waals surface area contributed by atoms with Crippen LogP contribution in [0.15, 0.2) is 78.5 Å². The van der Waals surface area contributed by atoms with Gasteiger partial charge in [-0.2, -0.15) is 0 Å². The van der Waals surface area contributed by atoms with Crippen LogP contribution >= 0.6 is 0 Å². The number of ether oxygens (including phenoxy) is 2. The quantitative estimate of drug-likeness (QED) is 0.290. The smallest absolute Gasteiger partial charge is 0.493 e. The van der Waals surface area contributed by atoms with Gasteiger partial charge in [-0.1, -0.05) is 24.3 Å². The Kier molecular flexibility index (Phi) is 10.5. The molecular formula is C29H30F3N3O5. The number of aliphatic hydroxyl groups is 1. The Morgan fingerprint density at radius 3 is 2.12 bits per heavy atom. The molecule has 0 saturated heterocycles. The van der Waals surface area contributed by atoms with Gasteiger partial charge < -0.3 is 30.1 Å². The Morgan fingerprint density at radius 1 is 0.925 bits per heavy atom. The number of amides is 2. The number of carbonyl (C=O) groups excluding carboxylic acids is 2. The van der Waals surface area contributed by atoms with E-state index in [2.05, 4.69) is 15.4 Å². The highest BCUT2D eigenvalue weighted by atomic mass is 19.4. The standard InChI is InChI=1S/C29H30F3N3O5/c1-35(2)23-9-3-20(4-10-23)15-18-39-24-13-7-22(8-14-24)27(37)34-26(28(38)33-16-17-36)19-21-5-11-25(12-6-21)40-29(30,31)32/h3-14,19,36H,15-18H2,1-2H3,(H,33,38)(H,34,37). The van der Waals surface area contributed by atoms with Gasteiger partial charge >= 0.3 is 6.36 Å². The van der Waals surface area contributed by atoms with Gasteiger partial charge in [-0.15, -0.1) is 13.2 Å². The number of benzene rings is 3. The lowest BCUT2D eigenvalue weighted by Gasteiger charge is -2.13. The van der Waals surface area contributed by atoms with E-state index in [9.17, 15) is 22.8 Å². The third-order valence-corrected chi connectivity index (χ3v) is 5.54. The van der Waals surface area contributed by atoms with Gasteiger partial charge in [0.15, 0.2) is 0 Å². The van der Waals surface area contributed by atoms with E-state index in [1.165, 1.54) is 18.2 Å². The summed E-state index contributed by atoms with van der Waals surface area (Å²) in [5.41, 5.74) is 2.66. The Hall–Kier alpha value is -4.51. The first-order valence-corrected chi connectivity index (χ1v) is 12.3. The first-order valence-electron chi connectivity index (χ1n) is 12.3. The van der Waals surface area contributed by atoms with Crippen LogP contribution in [-0.2, 0) is 11.2 Å². The molecule has 0 fully saturated rings. The fraction of sp³-hybridized carbons (Fsp3) is 0.241. The molecule has 212 valence electrons. The maximum absolute atomic E-state index is 12.8. The zero-order valence-corrected chi connectivity index (χ0v) is 22.0. The molecule has 3 N–H and O–H groups in total. The molecule has 3 aromatic rings. The molecule has 0 aromatic heterocycles. The molecule has 2 amide bonds. The second kappa shape index (κ2) is 14.0. The van der Waals surface area contributed by atoms with E-state index in [1.807, 2.05) is 43.3 Å². The molecule has 3 rings (SSSR count). The molecule has 8 nitrogen and oxygen atoms in total. The Bertz CT molecular complexity index is 1290. The topological polar surface area (TPSA) is 100 Å². The highest BCUT2D eigenvalue weighted by molar-refractivity contribution is 6.05. The molecule has 0 saturated carbocycles. The summed E-state index contributed by atoms with van der Waals surface area (Å²) < 4.78 is 46.8. The van der Waals surface area contributed by atoms with Crippen LogP contribution in [0.25, 0.3) is 6.08 Å². The third kappa shape index (κ3) is 9.66. The monoisotopic (exact) mass is 557 g/mol. The van der Waals surface area contributed by atoms with E-state index in [4.69, 9.17) is 9.84 Å². The lowest BCUT2D eigenvalue weighted by Crippen LogP contribution is -2.36. The highest BCUT2D eigenvalue weighted by Gasteiger charge is 2.31. The minimum Gasteiger partial charge on any atom is -0.493 e. The van der Waals surface area contributed by atoms with Crippen LogP contribution < -0.4 is 25.0 Å². The van der Waals surface area contributed by atoms with Crippen molar-refractivity contribution in [3.8, 4) is 11.5 Å². The molecule has 0 radical (unpaired) electrons. The molecule has 3 aromatic carbocycles. The van der Waals surface area contributed by atoms with Crippen molar-refractivity contribution in [1.82, 2.24) is 10.6 Å². The average molecular weight is 558 g/mol. The predicted molar refractivity (Wildman–Crippen MR) is 145 cm³/mol. The zero-order chi connectivity index (χ0) is 29.1. The van der Waals surface area contributed by atoms with Gasteiger partial charge in [0.2, 0.25) is 0 Å². The molecule has 0 unspecified atom stereocenters. The maximum atomic E-state index is 12.8.